The fourth-order valence-electron chi connectivity index (χ4n) is 2.43. The van der Waals surface area contributed by atoms with E-state index in [2.05, 4.69) is 35.2 Å². The summed E-state index contributed by atoms with van der Waals surface area (Å²) in [6.07, 6.45) is 4.01. The van der Waals surface area contributed by atoms with Gasteiger partial charge in [-0.1, -0.05) is 18.2 Å². The minimum atomic E-state index is 1.22. The van der Waals surface area contributed by atoms with Crippen molar-refractivity contribution in [1.82, 2.24) is 4.90 Å². The average Bonchev–Trinajstić information content (AvgIpc) is 2.95. The zero-order valence-corrected chi connectivity index (χ0v) is 10.3. The van der Waals surface area contributed by atoms with Gasteiger partial charge < -0.3 is 4.90 Å². The molecule has 3 rings (SSSR count). The smallest absolute Gasteiger partial charge is 0.0345 e. The van der Waals surface area contributed by atoms with Crippen LogP contribution in [0, 0.1) is 0 Å². The molecule has 0 bridgehead atoms. The van der Waals surface area contributed by atoms with Crippen LogP contribution < -0.4 is 0 Å². The van der Waals surface area contributed by atoms with Crippen molar-refractivity contribution < 1.29 is 0 Å². The van der Waals surface area contributed by atoms with Crippen LogP contribution in [0.5, 0.6) is 0 Å². The normalized spacial score (nSPS) is 17.2. The first-order valence-corrected chi connectivity index (χ1v) is 6.93. The summed E-state index contributed by atoms with van der Waals surface area (Å²) in [4.78, 5) is 4.12. The van der Waals surface area contributed by atoms with Gasteiger partial charge in [0.1, 0.15) is 0 Å². The van der Waals surface area contributed by atoms with Gasteiger partial charge in [-0.3, -0.25) is 0 Å². The van der Waals surface area contributed by atoms with E-state index < -0.39 is 0 Å². The highest BCUT2D eigenvalue weighted by Gasteiger charge is 2.11. The second kappa shape index (κ2) is 4.56. The number of likely N-dealkylation sites (tertiary alicyclic amines) is 1. The Kier molecular flexibility index (Phi) is 2.94. The minimum Gasteiger partial charge on any atom is -0.303 e. The Hall–Kier alpha value is -0.860. The summed E-state index contributed by atoms with van der Waals surface area (Å²) in [5.74, 6) is 0. The largest absolute Gasteiger partial charge is 0.303 e. The molecule has 0 unspecified atom stereocenters. The number of thiophene rings is 1. The van der Waals surface area contributed by atoms with Gasteiger partial charge in [-0.05, 0) is 49.9 Å². The Bertz CT molecular complexity index is 435. The first-order valence-electron chi connectivity index (χ1n) is 6.12. The minimum absolute atomic E-state index is 1.22. The highest BCUT2D eigenvalue weighted by Crippen LogP contribution is 2.25. The number of hydrogen-bond acceptors (Lipinski definition) is 2. The fourth-order valence-corrected chi connectivity index (χ4v) is 3.49. The summed E-state index contributed by atoms with van der Waals surface area (Å²) in [6.45, 7) is 3.86. The molecule has 1 aliphatic heterocycles. The first-order chi connectivity index (χ1) is 7.92. The van der Waals surface area contributed by atoms with Crippen LogP contribution in [0.25, 0.3) is 10.1 Å². The molecule has 84 valence electrons. The third-order valence-corrected chi connectivity index (χ3v) is 4.53. The van der Waals surface area contributed by atoms with E-state index in [1.54, 1.807) is 0 Å². The zero-order valence-electron chi connectivity index (χ0n) is 9.48. The SMILES string of the molecule is c1ccc2sc(CCN3CCCC3)cc2c1. The maximum Gasteiger partial charge on any atom is 0.0345 e. The van der Waals surface area contributed by atoms with Crippen molar-refractivity contribution in [3.05, 3.63) is 35.2 Å². The molecule has 0 amide bonds. The molecule has 0 N–H and O–H groups in total. The van der Waals surface area contributed by atoms with Gasteiger partial charge in [-0.2, -0.15) is 0 Å². The second-order valence-corrected chi connectivity index (χ2v) is 5.72. The van der Waals surface area contributed by atoms with Crippen LogP contribution >= 0.6 is 11.3 Å². The maximum absolute atomic E-state index is 2.59. The molecular weight excluding hydrogens is 214 g/mol. The second-order valence-electron chi connectivity index (χ2n) is 4.55. The van der Waals surface area contributed by atoms with Gasteiger partial charge in [0.25, 0.3) is 0 Å². The van der Waals surface area contributed by atoms with Gasteiger partial charge in [0.15, 0.2) is 0 Å². The average molecular weight is 231 g/mol. The summed E-state index contributed by atoms with van der Waals surface area (Å²) in [5, 5.41) is 1.41. The Balaban J connectivity index is 1.69. The van der Waals surface area contributed by atoms with Gasteiger partial charge in [-0.25, -0.2) is 0 Å². The lowest BCUT2D eigenvalue weighted by Crippen LogP contribution is -2.21. The van der Waals surface area contributed by atoms with Crippen LogP contribution in [0.1, 0.15) is 17.7 Å². The third-order valence-electron chi connectivity index (χ3n) is 3.35. The summed E-state index contributed by atoms with van der Waals surface area (Å²) in [7, 11) is 0. The van der Waals surface area contributed by atoms with Crippen molar-refractivity contribution in [2.45, 2.75) is 19.3 Å². The standard InChI is InChI=1S/C14H17NS/c1-2-6-14-12(5-1)11-13(16-14)7-10-15-8-3-4-9-15/h1-2,5-6,11H,3-4,7-10H2. The van der Waals surface area contributed by atoms with E-state index in [0.717, 1.165) is 0 Å². The molecule has 0 saturated carbocycles. The molecule has 2 aromatic rings. The van der Waals surface area contributed by atoms with E-state index in [1.807, 2.05) is 11.3 Å². The van der Waals surface area contributed by atoms with Crippen LogP contribution in [-0.4, -0.2) is 24.5 Å². The molecule has 1 aromatic carbocycles. The summed E-state index contributed by atoms with van der Waals surface area (Å²) in [5.41, 5.74) is 0. The van der Waals surface area contributed by atoms with Crippen LogP contribution in [0.15, 0.2) is 30.3 Å². The molecule has 0 atom stereocenters. The highest BCUT2D eigenvalue weighted by atomic mass is 32.1. The van der Waals surface area contributed by atoms with Gasteiger partial charge in [0.05, 0.1) is 0 Å². The molecule has 16 heavy (non-hydrogen) atoms. The van der Waals surface area contributed by atoms with E-state index >= 15 is 0 Å². The monoisotopic (exact) mass is 231 g/mol. The predicted octanol–water partition coefficient (Wildman–Crippen LogP) is 3.54. The van der Waals surface area contributed by atoms with Gasteiger partial charge in [0.2, 0.25) is 0 Å². The lowest BCUT2D eigenvalue weighted by Gasteiger charge is -2.12. The van der Waals surface area contributed by atoms with Gasteiger partial charge in [0, 0.05) is 16.1 Å². The first kappa shape index (κ1) is 10.3. The molecule has 1 aromatic heterocycles. The Morgan fingerprint density at radius 2 is 1.94 bits per heavy atom. The van der Waals surface area contributed by atoms with Crippen LogP contribution in [0.4, 0.5) is 0 Å². The molecule has 1 saturated heterocycles. The molecule has 0 aliphatic carbocycles. The molecule has 2 heteroatoms. The van der Waals surface area contributed by atoms with Crippen LogP contribution in [0.3, 0.4) is 0 Å². The molecule has 0 radical (unpaired) electrons. The fraction of sp³-hybridized carbons (Fsp3) is 0.429. The van der Waals surface area contributed by atoms with E-state index in [4.69, 9.17) is 0 Å². The number of fused-ring (bicyclic) bond motifs is 1. The summed E-state index contributed by atoms with van der Waals surface area (Å²) in [6, 6.07) is 11.0. The Labute approximate surface area is 101 Å². The molecule has 1 aliphatic rings. The molecule has 1 fully saturated rings. The van der Waals surface area contributed by atoms with Crippen molar-refractivity contribution in [3.8, 4) is 0 Å². The van der Waals surface area contributed by atoms with Crippen molar-refractivity contribution in [1.29, 1.82) is 0 Å². The number of benzene rings is 1. The van der Waals surface area contributed by atoms with Gasteiger partial charge >= 0.3 is 0 Å². The lowest BCUT2D eigenvalue weighted by atomic mass is 10.2. The Morgan fingerprint density at radius 1 is 1.12 bits per heavy atom. The number of nitrogens with zero attached hydrogens (tertiary/aromatic N) is 1. The van der Waals surface area contributed by atoms with Crippen molar-refractivity contribution in [3.63, 3.8) is 0 Å². The topological polar surface area (TPSA) is 3.24 Å². The zero-order chi connectivity index (χ0) is 10.8. The van der Waals surface area contributed by atoms with Crippen molar-refractivity contribution >= 4 is 21.4 Å². The van der Waals surface area contributed by atoms with E-state index in [0.29, 0.717) is 0 Å². The molecule has 1 nitrogen and oxygen atoms in total. The van der Waals surface area contributed by atoms with Crippen molar-refractivity contribution in [2.24, 2.45) is 0 Å². The molecule has 0 spiro atoms. The predicted molar refractivity (Wildman–Crippen MR) is 71.2 cm³/mol. The highest BCUT2D eigenvalue weighted by molar-refractivity contribution is 7.19. The quantitative estimate of drug-likeness (QED) is 0.781. The summed E-state index contributed by atoms with van der Waals surface area (Å²) >= 11 is 1.95. The van der Waals surface area contributed by atoms with E-state index in [1.165, 1.54) is 53.9 Å². The Morgan fingerprint density at radius 3 is 2.75 bits per heavy atom. The van der Waals surface area contributed by atoms with Crippen LogP contribution in [0.2, 0.25) is 0 Å². The lowest BCUT2D eigenvalue weighted by molar-refractivity contribution is 0.344. The number of hydrogen-bond donors (Lipinski definition) is 0. The van der Waals surface area contributed by atoms with Crippen LogP contribution in [-0.2, 0) is 6.42 Å². The van der Waals surface area contributed by atoms with E-state index in [9.17, 15) is 0 Å². The molecular formula is C14H17NS. The molecule has 2 heterocycles. The van der Waals surface area contributed by atoms with Crippen molar-refractivity contribution in [2.75, 3.05) is 19.6 Å². The third kappa shape index (κ3) is 2.13. The van der Waals surface area contributed by atoms with E-state index in [-0.39, 0.29) is 0 Å². The maximum atomic E-state index is 2.59. The summed E-state index contributed by atoms with van der Waals surface area (Å²) < 4.78 is 1.43. The van der Waals surface area contributed by atoms with Gasteiger partial charge in [-0.15, -0.1) is 11.3 Å². The number of rotatable bonds is 3.